The highest BCUT2D eigenvalue weighted by Gasteiger charge is 2.15. The lowest BCUT2D eigenvalue weighted by atomic mass is 9.93. The van der Waals surface area contributed by atoms with Crippen molar-refractivity contribution in [1.29, 1.82) is 0 Å². The first kappa shape index (κ1) is 16.1. The van der Waals surface area contributed by atoms with Gasteiger partial charge in [-0.2, -0.15) is 0 Å². The molecule has 1 N–H and O–H groups in total. The SMILES string of the molecule is CCCc1cccc(C(NCC)c2ccc(Cl)cc2C)c1. The van der Waals surface area contributed by atoms with Crippen molar-refractivity contribution in [3.05, 3.63) is 69.7 Å². The van der Waals surface area contributed by atoms with E-state index in [0.717, 1.165) is 18.0 Å². The van der Waals surface area contributed by atoms with E-state index < -0.39 is 0 Å². The summed E-state index contributed by atoms with van der Waals surface area (Å²) in [6.45, 7) is 7.43. The number of hydrogen-bond acceptors (Lipinski definition) is 1. The van der Waals surface area contributed by atoms with Gasteiger partial charge in [-0.3, -0.25) is 0 Å². The maximum Gasteiger partial charge on any atom is 0.0579 e. The molecule has 112 valence electrons. The summed E-state index contributed by atoms with van der Waals surface area (Å²) in [4.78, 5) is 0. The number of hydrogen-bond donors (Lipinski definition) is 1. The second-order valence-corrected chi connectivity index (χ2v) is 5.92. The zero-order valence-corrected chi connectivity index (χ0v) is 13.9. The van der Waals surface area contributed by atoms with Crippen molar-refractivity contribution in [2.75, 3.05) is 6.54 Å². The molecule has 0 saturated carbocycles. The summed E-state index contributed by atoms with van der Waals surface area (Å²) < 4.78 is 0. The Hall–Kier alpha value is -1.31. The molecule has 0 spiro atoms. The maximum absolute atomic E-state index is 6.09. The highest BCUT2D eigenvalue weighted by molar-refractivity contribution is 6.30. The van der Waals surface area contributed by atoms with Crippen LogP contribution in [-0.2, 0) is 6.42 Å². The molecule has 0 fully saturated rings. The van der Waals surface area contributed by atoms with Crippen LogP contribution in [-0.4, -0.2) is 6.54 Å². The summed E-state index contributed by atoms with van der Waals surface area (Å²) in [5, 5.41) is 4.40. The fourth-order valence-electron chi connectivity index (χ4n) is 2.79. The molecular weight excluding hydrogens is 278 g/mol. The molecule has 1 atom stereocenters. The summed E-state index contributed by atoms with van der Waals surface area (Å²) in [7, 11) is 0. The van der Waals surface area contributed by atoms with Crippen LogP contribution in [0.5, 0.6) is 0 Å². The Morgan fingerprint density at radius 2 is 1.90 bits per heavy atom. The van der Waals surface area contributed by atoms with Crippen molar-refractivity contribution in [3.63, 3.8) is 0 Å². The molecule has 0 aliphatic rings. The molecular formula is C19H24ClN. The monoisotopic (exact) mass is 301 g/mol. The molecule has 2 aromatic rings. The summed E-state index contributed by atoms with van der Waals surface area (Å²) in [6.07, 6.45) is 2.31. The molecule has 2 rings (SSSR count). The number of halogens is 1. The largest absolute Gasteiger partial charge is 0.307 e. The second kappa shape index (κ2) is 7.63. The van der Waals surface area contributed by atoms with E-state index in [2.05, 4.69) is 56.4 Å². The van der Waals surface area contributed by atoms with Crippen LogP contribution >= 0.6 is 11.6 Å². The van der Waals surface area contributed by atoms with Crippen molar-refractivity contribution < 1.29 is 0 Å². The predicted molar refractivity (Wildman–Crippen MR) is 92.1 cm³/mol. The van der Waals surface area contributed by atoms with E-state index in [-0.39, 0.29) is 6.04 Å². The highest BCUT2D eigenvalue weighted by atomic mass is 35.5. The molecule has 0 saturated heterocycles. The topological polar surface area (TPSA) is 12.0 Å². The first-order valence-corrected chi connectivity index (χ1v) is 8.11. The Labute approximate surface area is 133 Å². The van der Waals surface area contributed by atoms with Crippen molar-refractivity contribution in [3.8, 4) is 0 Å². The van der Waals surface area contributed by atoms with Crippen molar-refractivity contribution >= 4 is 11.6 Å². The lowest BCUT2D eigenvalue weighted by Crippen LogP contribution is -2.22. The maximum atomic E-state index is 6.09. The van der Waals surface area contributed by atoms with E-state index in [0.29, 0.717) is 0 Å². The Morgan fingerprint density at radius 3 is 2.57 bits per heavy atom. The predicted octanol–water partition coefficient (Wildman–Crippen LogP) is 5.30. The fourth-order valence-corrected chi connectivity index (χ4v) is 3.02. The lowest BCUT2D eigenvalue weighted by Gasteiger charge is -2.22. The molecule has 1 unspecified atom stereocenters. The molecule has 0 heterocycles. The van der Waals surface area contributed by atoms with Gasteiger partial charge in [0, 0.05) is 5.02 Å². The number of nitrogens with one attached hydrogen (secondary N) is 1. The second-order valence-electron chi connectivity index (χ2n) is 5.49. The van der Waals surface area contributed by atoms with Crippen LogP contribution in [0.15, 0.2) is 42.5 Å². The molecule has 21 heavy (non-hydrogen) atoms. The number of benzene rings is 2. The van der Waals surface area contributed by atoms with E-state index >= 15 is 0 Å². The minimum atomic E-state index is 0.226. The Kier molecular flexibility index (Phi) is 5.84. The smallest absolute Gasteiger partial charge is 0.0579 e. The third-order valence-corrected chi connectivity index (χ3v) is 4.01. The van der Waals surface area contributed by atoms with Crippen LogP contribution < -0.4 is 5.32 Å². The molecule has 0 amide bonds. The van der Waals surface area contributed by atoms with Gasteiger partial charge in [0.15, 0.2) is 0 Å². The summed E-state index contributed by atoms with van der Waals surface area (Å²) in [5.74, 6) is 0. The van der Waals surface area contributed by atoms with E-state index in [4.69, 9.17) is 11.6 Å². The van der Waals surface area contributed by atoms with Gasteiger partial charge in [0.05, 0.1) is 6.04 Å². The van der Waals surface area contributed by atoms with Gasteiger partial charge >= 0.3 is 0 Å². The standard InChI is InChI=1S/C19H24ClN/c1-4-7-15-8-6-9-16(13-15)19(21-5-2)18-11-10-17(20)12-14(18)3/h6,8-13,19,21H,4-5,7H2,1-3H3. The van der Waals surface area contributed by atoms with Crippen LogP contribution in [0, 0.1) is 6.92 Å². The van der Waals surface area contributed by atoms with Gasteiger partial charge in [0.2, 0.25) is 0 Å². The average Bonchev–Trinajstić information content (AvgIpc) is 2.46. The van der Waals surface area contributed by atoms with Gasteiger partial charge in [0.25, 0.3) is 0 Å². The van der Waals surface area contributed by atoms with E-state index in [1.165, 1.54) is 28.7 Å². The summed E-state index contributed by atoms with van der Waals surface area (Å²) in [6, 6.07) is 15.3. The van der Waals surface area contributed by atoms with Crippen molar-refractivity contribution in [2.45, 2.75) is 39.7 Å². The first-order valence-electron chi connectivity index (χ1n) is 7.74. The van der Waals surface area contributed by atoms with Gasteiger partial charge in [-0.05, 0) is 54.3 Å². The average molecular weight is 302 g/mol. The first-order chi connectivity index (χ1) is 10.2. The third kappa shape index (κ3) is 4.09. The third-order valence-electron chi connectivity index (χ3n) is 3.77. The van der Waals surface area contributed by atoms with Crippen LogP contribution in [0.25, 0.3) is 0 Å². The van der Waals surface area contributed by atoms with Gasteiger partial charge in [-0.15, -0.1) is 0 Å². The molecule has 0 radical (unpaired) electrons. The van der Waals surface area contributed by atoms with Gasteiger partial charge in [-0.1, -0.05) is 62.2 Å². The van der Waals surface area contributed by atoms with Crippen LogP contribution in [0.4, 0.5) is 0 Å². The Bertz CT molecular complexity index is 592. The summed E-state index contributed by atoms with van der Waals surface area (Å²) >= 11 is 6.09. The highest BCUT2D eigenvalue weighted by Crippen LogP contribution is 2.27. The molecule has 1 nitrogen and oxygen atoms in total. The van der Waals surface area contributed by atoms with Crippen molar-refractivity contribution in [2.24, 2.45) is 0 Å². The number of aryl methyl sites for hydroxylation is 2. The molecule has 0 aromatic heterocycles. The van der Waals surface area contributed by atoms with Gasteiger partial charge in [0.1, 0.15) is 0 Å². The molecule has 2 aromatic carbocycles. The van der Waals surface area contributed by atoms with Crippen LogP contribution in [0.2, 0.25) is 5.02 Å². The van der Waals surface area contributed by atoms with Crippen molar-refractivity contribution in [1.82, 2.24) is 5.32 Å². The normalized spacial score (nSPS) is 12.4. The Morgan fingerprint density at radius 1 is 1.10 bits per heavy atom. The van der Waals surface area contributed by atoms with E-state index in [9.17, 15) is 0 Å². The molecule has 0 aliphatic carbocycles. The van der Waals surface area contributed by atoms with E-state index in [1.54, 1.807) is 0 Å². The molecule has 2 heteroatoms. The Balaban J connectivity index is 2.40. The van der Waals surface area contributed by atoms with Crippen LogP contribution in [0.1, 0.15) is 48.6 Å². The minimum Gasteiger partial charge on any atom is -0.307 e. The molecule has 0 bridgehead atoms. The van der Waals surface area contributed by atoms with Gasteiger partial charge in [-0.25, -0.2) is 0 Å². The van der Waals surface area contributed by atoms with Crippen LogP contribution in [0.3, 0.4) is 0 Å². The zero-order valence-electron chi connectivity index (χ0n) is 13.1. The zero-order chi connectivity index (χ0) is 15.2. The summed E-state index contributed by atoms with van der Waals surface area (Å²) in [5.41, 5.74) is 5.27. The van der Waals surface area contributed by atoms with E-state index in [1.807, 2.05) is 12.1 Å². The van der Waals surface area contributed by atoms with Gasteiger partial charge < -0.3 is 5.32 Å². The fraction of sp³-hybridized carbons (Fsp3) is 0.368. The minimum absolute atomic E-state index is 0.226. The quantitative estimate of drug-likeness (QED) is 0.763. The lowest BCUT2D eigenvalue weighted by molar-refractivity contribution is 0.627. The number of rotatable bonds is 6. The molecule has 0 aliphatic heterocycles.